The molecule has 1 aromatic carbocycles. The van der Waals surface area contributed by atoms with E-state index in [1.165, 1.54) is 0 Å². The molecular formula is C13H17BrClNO. The van der Waals surface area contributed by atoms with Gasteiger partial charge in [0.25, 0.3) is 5.91 Å². The van der Waals surface area contributed by atoms with Gasteiger partial charge in [-0.25, -0.2) is 0 Å². The third-order valence-electron chi connectivity index (χ3n) is 2.43. The fraction of sp³-hybridized carbons (Fsp3) is 0.462. The summed E-state index contributed by atoms with van der Waals surface area (Å²) >= 11 is 9.17. The fourth-order valence-corrected chi connectivity index (χ4v) is 1.95. The van der Waals surface area contributed by atoms with Crippen LogP contribution in [0.5, 0.6) is 0 Å². The number of benzene rings is 1. The second-order valence-corrected chi connectivity index (χ2v) is 5.68. The molecule has 0 aromatic heterocycles. The van der Waals surface area contributed by atoms with Crippen LogP contribution in [0.3, 0.4) is 0 Å². The van der Waals surface area contributed by atoms with E-state index in [4.69, 9.17) is 11.6 Å². The maximum atomic E-state index is 11.8. The van der Waals surface area contributed by atoms with Crippen LogP contribution in [0.1, 0.15) is 37.0 Å². The van der Waals surface area contributed by atoms with Crippen molar-refractivity contribution in [2.45, 2.75) is 26.7 Å². The monoisotopic (exact) mass is 317 g/mol. The minimum absolute atomic E-state index is 0.0499. The predicted octanol–water partition coefficient (Wildman–Crippen LogP) is 4.27. The van der Waals surface area contributed by atoms with E-state index >= 15 is 0 Å². The van der Waals surface area contributed by atoms with Gasteiger partial charge in [-0.1, -0.05) is 25.4 Å². The van der Waals surface area contributed by atoms with Gasteiger partial charge in [-0.3, -0.25) is 4.79 Å². The van der Waals surface area contributed by atoms with Gasteiger partial charge in [0.1, 0.15) is 0 Å². The van der Waals surface area contributed by atoms with Gasteiger partial charge in [-0.05, 0) is 52.9 Å². The Morgan fingerprint density at radius 3 is 2.76 bits per heavy atom. The number of rotatable bonds is 5. The first-order valence-corrected chi connectivity index (χ1v) is 6.91. The molecule has 0 atom stereocenters. The van der Waals surface area contributed by atoms with E-state index in [2.05, 4.69) is 35.1 Å². The van der Waals surface area contributed by atoms with E-state index in [1.54, 1.807) is 18.2 Å². The Morgan fingerprint density at radius 1 is 1.47 bits per heavy atom. The largest absolute Gasteiger partial charge is 0.352 e. The van der Waals surface area contributed by atoms with Crippen LogP contribution < -0.4 is 5.32 Å². The Morgan fingerprint density at radius 2 is 2.18 bits per heavy atom. The summed E-state index contributed by atoms with van der Waals surface area (Å²) in [6, 6.07) is 5.18. The third kappa shape index (κ3) is 5.09. The number of carbonyl (C=O) groups excluding carboxylic acids is 1. The summed E-state index contributed by atoms with van der Waals surface area (Å²) in [6.07, 6.45) is 2.14. The molecule has 17 heavy (non-hydrogen) atoms. The number of hydrogen-bond acceptors (Lipinski definition) is 1. The summed E-state index contributed by atoms with van der Waals surface area (Å²) in [7, 11) is 0. The lowest BCUT2D eigenvalue weighted by Gasteiger charge is -2.07. The molecule has 0 saturated heterocycles. The van der Waals surface area contributed by atoms with Gasteiger partial charge in [0.15, 0.2) is 0 Å². The molecule has 4 heteroatoms. The summed E-state index contributed by atoms with van der Waals surface area (Å²) in [5, 5.41) is 3.51. The van der Waals surface area contributed by atoms with Crippen LogP contribution in [0.2, 0.25) is 5.02 Å². The molecule has 0 saturated carbocycles. The molecule has 1 amide bonds. The summed E-state index contributed by atoms with van der Waals surface area (Å²) in [5.41, 5.74) is 0.630. The van der Waals surface area contributed by atoms with Crippen LogP contribution >= 0.6 is 27.5 Å². The number of carbonyl (C=O) groups is 1. The van der Waals surface area contributed by atoms with Crippen molar-refractivity contribution in [3.8, 4) is 0 Å². The maximum absolute atomic E-state index is 11.8. The Hall–Kier alpha value is -0.540. The number of amides is 1. The SMILES string of the molecule is CC(C)CCCNC(=O)c1ccc(Cl)c(Br)c1. The highest BCUT2D eigenvalue weighted by Crippen LogP contribution is 2.23. The zero-order valence-electron chi connectivity index (χ0n) is 10.1. The second-order valence-electron chi connectivity index (χ2n) is 4.42. The zero-order valence-corrected chi connectivity index (χ0v) is 12.4. The second kappa shape index (κ2) is 7.02. The highest BCUT2D eigenvalue weighted by atomic mass is 79.9. The quantitative estimate of drug-likeness (QED) is 0.807. The summed E-state index contributed by atoms with van der Waals surface area (Å²) in [5.74, 6) is 0.628. The third-order valence-corrected chi connectivity index (χ3v) is 3.64. The van der Waals surface area contributed by atoms with Gasteiger partial charge in [0.2, 0.25) is 0 Å². The van der Waals surface area contributed by atoms with E-state index in [9.17, 15) is 4.79 Å². The van der Waals surface area contributed by atoms with E-state index in [0.29, 0.717) is 16.5 Å². The van der Waals surface area contributed by atoms with Crippen molar-refractivity contribution in [3.05, 3.63) is 33.3 Å². The molecule has 0 heterocycles. The smallest absolute Gasteiger partial charge is 0.251 e. The summed E-state index contributed by atoms with van der Waals surface area (Å²) < 4.78 is 0.744. The molecule has 1 aromatic rings. The van der Waals surface area contributed by atoms with Crippen molar-refractivity contribution in [2.24, 2.45) is 5.92 Å². The molecule has 0 unspecified atom stereocenters. The van der Waals surface area contributed by atoms with Crippen molar-refractivity contribution in [1.29, 1.82) is 0 Å². The molecule has 0 spiro atoms. The van der Waals surface area contributed by atoms with Crippen LogP contribution in [-0.2, 0) is 0 Å². The summed E-state index contributed by atoms with van der Waals surface area (Å²) in [6.45, 7) is 5.08. The topological polar surface area (TPSA) is 29.1 Å². The molecule has 1 rings (SSSR count). The van der Waals surface area contributed by atoms with E-state index in [1.807, 2.05) is 0 Å². The van der Waals surface area contributed by atoms with Gasteiger partial charge in [0.05, 0.1) is 5.02 Å². The average Bonchev–Trinajstić information content (AvgIpc) is 2.27. The van der Waals surface area contributed by atoms with Crippen molar-refractivity contribution in [2.75, 3.05) is 6.54 Å². The van der Waals surface area contributed by atoms with Crippen molar-refractivity contribution in [1.82, 2.24) is 5.32 Å². The Balaban J connectivity index is 2.44. The van der Waals surface area contributed by atoms with Crippen molar-refractivity contribution in [3.63, 3.8) is 0 Å². The van der Waals surface area contributed by atoms with E-state index in [0.717, 1.165) is 23.9 Å². The van der Waals surface area contributed by atoms with E-state index < -0.39 is 0 Å². The maximum Gasteiger partial charge on any atom is 0.251 e. The van der Waals surface area contributed by atoms with Gasteiger partial charge in [-0.15, -0.1) is 0 Å². The molecule has 0 aliphatic carbocycles. The van der Waals surface area contributed by atoms with Gasteiger partial charge >= 0.3 is 0 Å². The predicted molar refractivity (Wildman–Crippen MR) is 75.6 cm³/mol. The van der Waals surface area contributed by atoms with Crippen molar-refractivity contribution >= 4 is 33.4 Å². The van der Waals surface area contributed by atoms with Crippen molar-refractivity contribution < 1.29 is 4.79 Å². The van der Waals surface area contributed by atoms with Crippen LogP contribution in [-0.4, -0.2) is 12.5 Å². The summed E-state index contributed by atoms with van der Waals surface area (Å²) in [4.78, 5) is 11.8. The molecule has 0 aliphatic heterocycles. The minimum Gasteiger partial charge on any atom is -0.352 e. The molecule has 0 bridgehead atoms. The lowest BCUT2D eigenvalue weighted by molar-refractivity contribution is 0.0952. The Labute approximate surface area is 116 Å². The van der Waals surface area contributed by atoms with Crippen LogP contribution in [0.15, 0.2) is 22.7 Å². The number of nitrogens with one attached hydrogen (secondary N) is 1. The molecule has 1 N–H and O–H groups in total. The zero-order chi connectivity index (χ0) is 12.8. The number of halogens is 2. The standard InChI is InChI=1S/C13H17BrClNO/c1-9(2)4-3-7-16-13(17)10-5-6-12(15)11(14)8-10/h5-6,8-9H,3-4,7H2,1-2H3,(H,16,17). The first-order chi connectivity index (χ1) is 8.00. The first kappa shape index (κ1) is 14.5. The molecule has 94 valence electrons. The molecule has 0 radical (unpaired) electrons. The number of hydrogen-bond donors (Lipinski definition) is 1. The molecule has 0 fully saturated rings. The van der Waals surface area contributed by atoms with Gasteiger partial charge in [-0.2, -0.15) is 0 Å². The fourth-order valence-electron chi connectivity index (χ4n) is 1.45. The van der Waals surface area contributed by atoms with Crippen LogP contribution in [0.25, 0.3) is 0 Å². The lowest BCUT2D eigenvalue weighted by atomic mass is 10.1. The average molecular weight is 319 g/mol. The molecule has 0 aliphatic rings. The molecule has 2 nitrogen and oxygen atoms in total. The Bertz CT molecular complexity index is 393. The van der Waals surface area contributed by atoms with Gasteiger partial charge < -0.3 is 5.32 Å². The normalized spacial score (nSPS) is 10.6. The van der Waals surface area contributed by atoms with Crippen LogP contribution in [0.4, 0.5) is 0 Å². The van der Waals surface area contributed by atoms with E-state index in [-0.39, 0.29) is 5.91 Å². The van der Waals surface area contributed by atoms with Crippen LogP contribution in [0, 0.1) is 5.92 Å². The first-order valence-electron chi connectivity index (χ1n) is 5.74. The highest BCUT2D eigenvalue weighted by molar-refractivity contribution is 9.10. The molecular weight excluding hydrogens is 302 g/mol. The van der Waals surface area contributed by atoms with Gasteiger partial charge in [0, 0.05) is 16.6 Å². The Kier molecular flexibility index (Phi) is 6.00. The minimum atomic E-state index is -0.0499. The highest BCUT2D eigenvalue weighted by Gasteiger charge is 2.07. The lowest BCUT2D eigenvalue weighted by Crippen LogP contribution is -2.24.